The average molecular weight is 430 g/mol. The molecular formula is C21H24ClN5OS. The Hall–Kier alpha value is -2.06. The number of hydrogen-bond acceptors (Lipinski definition) is 7. The Kier molecular flexibility index (Phi) is 6.10. The number of fused-ring (bicyclic) bond motifs is 2. The van der Waals surface area contributed by atoms with E-state index in [1.807, 2.05) is 11.8 Å². The summed E-state index contributed by atoms with van der Waals surface area (Å²) in [4.78, 5) is 11.9. The zero-order valence-corrected chi connectivity index (χ0v) is 17.9. The van der Waals surface area contributed by atoms with E-state index in [2.05, 4.69) is 80.8 Å². The van der Waals surface area contributed by atoms with Gasteiger partial charge in [-0.3, -0.25) is 4.90 Å². The second-order valence-corrected chi connectivity index (χ2v) is 8.27. The van der Waals surface area contributed by atoms with Crippen molar-refractivity contribution in [2.45, 2.75) is 22.3 Å². The highest BCUT2D eigenvalue weighted by Gasteiger charge is 2.26. The number of nitrogens with one attached hydrogen (secondary N) is 1. The van der Waals surface area contributed by atoms with Crippen LogP contribution in [0.25, 0.3) is 0 Å². The maximum absolute atomic E-state index is 5.59. The number of halogens is 1. The Morgan fingerprint density at radius 2 is 1.79 bits per heavy atom. The molecule has 0 radical (unpaired) electrons. The summed E-state index contributed by atoms with van der Waals surface area (Å²) >= 11 is 1.83. The Labute approximate surface area is 181 Å². The monoisotopic (exact) mass is 429 g/mol. The van der Waals surface area contributed by atoms with E-state index in [0.717, 1.165) is 32.0 Å². The van der Waals surface area contributed by atoms with Crippen molar-refractivity contribution in [1.82, 2.24) is 20.4 Å². The fourth-order valence-electron chi connectivity index (χ4n) is 3.83. The van der Waals surface area contributed by atoms with Gasteiger partial charge < -0.3 is 14.7 Å². The highest BCUT2D eigenvalue weighted by molar-refractivity contribution is 7.99. The molecule has 8 heteroatoms. The third kappa shape index (κ3) is 4.00. The third-order valence-electron chi connectivity index (χ3n) is 5.37. The van der Waals surface area contributed by atoms with Gasteiger partial charge in [0, 0.05) is 42.4 Å². The second-order valence-electron chi connectivity index (χ2n) is 7.19. The molecule has 1 unspecified atom stereocenters. The van der Waals surface area contributed by atoms with E-state index in [0.29, 0.717) is 12.3 Å². The molecule has 6 nitrogen and oxygen atoms in total. The Morgan fingerprint density at radius 1 is 1.10 bits per heavy atom. The molecule has 0 saturated carbocycles. The largest absolute Gasteiger partial charge is 0.339 e. The second kappa shape index (κ2) is 8.75. The first kappa shape index (κ1) is 20.2. The van der Waals surface area contributed by atoms with Crippen molar-refractivity contribution in [3.05, 3.63) is 60.2 Å². The molecule has 3 aromatic rings. The molecule has 0 bridgehead atoms. The number of hydrogen-bond donors (Lipinski definition) is 1. The number of para-hydroxylation sites is 2. The van der Waals surface area contributed by atoms with Crippen LogP contribution < -0.4 is 10.2 Å². The Balaban J connectivity index is 0.00000205. The smallest absolute Gasteiger partial charge is 0.228 e. The molecule has 2 aliphatic heterocycles. The molecule has 3 heterocycles. The molecule has 29 heavy (non-hydrogen) atoms. The maximum Gasteiger partial charge on any atom is 0.228 e. The van der Waals surface area contributed by atoms with Crippen molar-refractivity contribution < 1.29 is 4.52 Å². The van der Waals surface area contributed by atoms with Crippen LogP contribution in [0.15, 0.2) is 62.8 Å². The van der Waals surface area contributed by atoms with Gasteiger partial charge >= 0.3 is 0 Å². The van der Waals surface area contributed by atoms with Gasteiger partial charge in [-0.2, -0.15) is 4.98 Å². The van der Waals surface area contributed by atoms with Crippen LogP contribution in [0.4, 0.5) is 11.4 Å². The van der Waals surface area contributed by atoms with Crippen molar-refractivity contribution in [3.63, 3.8) is 0 Å². The van der Waals surface area contributed by atoms with E-state index >= 15 is 0 Å². The zero-order valence-electron chi connectivity index (χ0n) is 16.2. The number of nitrogens with zero attached hydrogens (tertiary/aromatic N) is 4. The van der Waals surface area contributed by atoms with E-state index < -0.39 is 0 Å². The summed E-state index contributed by atoms with van der Waals surface area (Å²) in [6.45, 7) is 3.66. The average Bonchev–Trinajstić information content (AvgIpc) is 3.20. The van der Waals surface area contributed by atoms with Crippen molar-refractivity contribution in [3.8, 4) is 0 Å². The van der Waals surface area contributed by atoms with Crippen LogP contribution >= 0.6 is 24.2 Å². The fraction of sp³-hybridized carbons (Fsp3) is 0.333. The lowest BCUT2D eigenvalue weighted by Crippen LogP contribution is -2.44. The van der Waals surface area contributed by atoms with E-state index in [1.165, 1.54) is 21.2 Å². The van der Waals surface area contributed by atoms with Crippen molar-refractivity contribution in [1.29, 1.82) is 0 Å². The van der Waals surface area contributed by atoms with Gasteiger partial charge in [-0.15, -0.1) is 12.4 Å². The van der Waals surface area contributed by atoms with Crippen LogP contribution in [0.1, 0.15) is 17.8 Å². The minimum absolute atomic E-state index is 0. The molecule has 0 amide bonds. The lowest BCUT2D eigenvalue weighted by Gasteiger charge is -2.32. The third-order valence-corrected chi connectivity index (χ3v) is 6.50. The highest BCUT2D eigenvalue weighted by Crippen LogP contribution is 2.47. The van der Waals surface area contributed by atoms with E-state index in [9.17, 15) is 0 Å². The minimum Gasteiger partial charge on any atom is -0.339 e. The van der Waals surface area contributed by atoms with Crippen LogP contribution in [-0.2, 0) is 6.42 Å². The van der Waals surface area contributed by atoms with Gasteiger partial charge in [0.1, 0.15) is 0 Å². The SMILES string of the molecule is CN1CCNCC1c1noc(CCN2c3ccccc3Sc3ccccc32)n1.Cl. The van der Waals surface area contributed by atoms with Crippen LogP contribution in [-0.4, -0.2) is 48.3 Å². The van der Waals surface area contributed by atoms with Gasteiger partial charge in [-0.05, 0) is 31.3 Å². The number of anilines is 2. The topological polar surface area (TPSA) is 57.4 Å². The van der Waals surface area contributed by atoms with Gasteiger partial charge in [-0.1, -0.05) is 41.2 Å². The van der Waals surface area contributed by atoms with E-state index in [1.54, 1.807) is 0 Å². The number of likely N-dealkylation sites (N-methyl/N-ethyl adjacent to an activating group) is 1. The fourth-order valence-corrected chi connectivity index (χ4v) is 4.92. The van der Waals surface area contributed by atoms with Gasteiger partial charge in [0.2, 0.25) is 5.89 Å². The summed E-state index contributed by atoms with van der Waals surface area (Å²) in [5, 5.41) is 7.66. The lowest BCUT2D eigenvalue weighted by molar-refractivity contribution is 0.190. The number of aromatic nitrogens is 2. The molecule has 1 N–H and O–H groups in total. The first-order valence-corrected chi connectivity index (χ1v) is 10.5. The zero-order chi connectivity index (χ0) is 18.9. The van der Waals surface area contributed by atoms with Gasteiger partial charge in [0.25, 0.3) is 0 Å². The molecule has 0 spiro atoms. The molecule has 1 fully saturated rings. The molecule has 0 aliphatic carbocycles. The molecule has 1 saturated heterocycles. The molecule has 1 aromatic heterocycles. The highest BCUT2D eigenvalue weighted by atomic mass is 35.5. The molecule has 2 aliphatic rings. The van der Waals surface area contributed by atoms with Crippen molar-refractivity contribution in [2.75, 3.05) is 38.1 Å². The van der Waals surface area contributed by atoms with E-state index in [-0.39, 0.29) is 18.4 Å². The molecule has 152 valence electrons. The molecule has 1 atom stereocenters. The maximum atomic E-state index is 5.59. The summed E-state index contributed by atoms with van der Waals surface area (Å²) in [6, 6.07) is 17.3. The van der Waals surface area contributed by atoms with Crippen molar-refractivity contribution >= 4 is 35.5 Å². The molecule has 5 rings (SSSR count). The van der Waals surface area contributed by atoms with Crippen LogP contribution in [0.2, 0.25) is 0 Å². The van der Waals surface area contributed by atoms with Gasteiger partial charge in [-0.25, -0.2) is 0 Å². The minimum atomic E-state index is 0. The normalized spacial score (nSPS) is 18.7. The first-order chi connectivity index (χ1) is 13.8. The number of rotatable bonds is 4. The Bertz CT molecular complexity index is 935. The first-order valence-electron chi connectivity index (χ1n) is 9.66. The predicted molar refractivity (Wildman–Crippen MR) is 118 cm³/mol. The van der Waals surface area contributed by atoms with Crippen LogP contribution in [0.5, 0.6) is 0 Å². The summed E-state index contributed by atoms with van der Waals surface area (Å²) in [5.74, 6) is 1.47. The lowest BCUT2D eigenvalue weighted by atomic mass is 10.2. The summed E-state index contributed by atoms with van der Waals surface area (Å²) in [6.07, 6.45) is 0.712. The standard InChI is InChI=1S/C21H23N5OS.ClH/c1-25-13-11-22-14-17(25)21-23-20(27-24-21)10-12-26-15-6-2-4-8-18(15)28-19-9-5-3-7-16(19)26;/h2-9,17,22H,10-14H2,1H3;1H. The predicted octanol–water partition coefficient (Wildman–Crippen LogP) is 3.91. The molecule has 2 aromatic carbocycles. The van der Waals surface area contributed by atoms with Crippen LogP contribution in [0.3, 0.4) is 0 Å². The quantitative estimate of drug-likeness (QED) is 0.674. The van der Waals surface area contributed by atoms with Crippen LogP contribution in [0, 0.1) is 0 Å². The van der Waals surface area contributed by atoms with Crippen molar-refractivity contribution in [2.24, 2.45) is 0 Å². The summed E-state index contributed by atoms with van der Waals surface area (Å²) in [7, 11) is 2.11. The number of benzene rings is 2. The van der Waals surface area contributed by atoms with Gasteiger partial charge in [0.05, 0.1) is 17.4 Å². The number of piperazine rings is 1. The van der Waals surface area contributed by atoms with E-state index in [4.69, 9.17) is 4.52 Å². The summed E-state index contributed by atoms with van der Waals surface area (Å²) < 4.78 is 5.59. The molecular weight excluding hydrogens is 406 g/mol. The van der Waals surface area contributed by atoms with Gasteiger partial charge in [0.15, 0.2) is 5.82 Å². The Morgan fingerprint density at radius 3 is 2.48 bits per heavy atom. The summed E-state index contributed by atoms with van der Waals surface area (Å²) in [5.41, 5.74) is 2.48.